The molecule has 2 atom stereocenters. The van der Waals surface area contributed by atoms with Crippen LogP contribution in [0.2, 0.25) is 0 Å². The van der Waals surface area contributed by atoms with Gasteiger partial charge in [-0.2, -0.15) is 11.3 Å². The fourth-order valence-corrected chi connectivity index (χ4v) is 3.05. The van der Waals surface area contributed by atoms with Gasteiger partial charge in [-0.05, 0) is 36.2 Å². The number of ketones is 1. The van der Waals surface area contributed by atoms with E-state index in [0.29, 0.717) is 24.3 Å². The summed E-state index contributed by atoms with van der Waals surface area (Å²) in [7, 11) is 0. The molecule has 2 rings (SSSR count). The maximum absolute atomic E-state index is 11.3. The largest absolute Gasteiger partial charge is 0.300 e. The van der Waals surface area contributed by atoms with Crippen LogP contribution in [0.1, 0.15) is 38.3 Å². The molecule has 1 fully saturated rings. The summed E-state index contributed by atoms with van der Waals surface area (Å²) in [4.78, 5) is 13.7. The van der Waals surface area contributed by atoms with Gasteiger partial charge in [-0.15, -0.1) is 0 Å². The van der Waals surface area contributed by atoms with E-state index in [-0.39, 0.29) is 0 Å². The van der Waals surface area contributed by atoms with Gasteiger partial charge >= 0.3 is 0 Å². The Hall–Kier alpha value is -0.670. The third-order valence-corrected chi connectivity index (χ3v) is 3.96. The monoisotopic (exact) mass is 223 g/mol. The van der Waals surface area contributed by atoms with Crippen LogP contribution in [-0.2, 0) is 4.79 Å². The lowest BCUT2D eigenvalue weighted by Gasteiger charge is -2.37. The van der Waals surface area contributed by atoms with Crippen molar-refractivity contribution in [1.82, 2.24) is 4.90 Å². The Labute approximate surface area is 94.9 Å². The second-order valence-electron chi connectivity index (χ2n) is 4.31. The molecule has 1 aliphatic rings. The Bertz CT molecular complexity index is 333. The fourth-order valence-electron chi connectivity index (χ4n) is 2.30. The minimum absolute atomic E-state index is 0.390. The summed E-state index contributed by atoms with van der Waals surface area (Å²) in [5.41, 5.74) is 1.38. The molecule has 0 N–H and O–H groups in total. The van der Waals surface area contributed by atoms with Gasteiger partial charge in [0.1, 0.15) is 5.78 Å². The van der Waals surface area contributed by atoms with Crippen molar-refractivity contribution in [1.29, 1.82) is 0 Å². The number of carbonyl (C=O) groups excluding carboxylic acids is 1. The Kier molecular flexibility index (Phi) is 3.22. The van der Waals surface area contributed by atoms with Crippen molar-refractivity contribution in [2.75, 3.05) is 6.54 Å². The van der Waals surface area contributed by atoms with Crippen LogP contribution >= 0.6 is 11.3 Å². The van der Waals surface area contributed by atoms with Gasteiger partial charge in [-0.25, -0.2) is 0 Å². The molecule has 1 aromatic rings. The van der Waals surface area contributed by atoms with Crippen LogP contribution in [0.3, 0.4) is 0 Å². The Balaban J connectivity index is 2.07. The Morgan fingerprint density at radius 1 is 1.60 bits per heavy atom. The molecule has 1 aliphatic heterocycles. The molecule has 0 radical (unpaired) electrons. The SMILES string of the molecule is CC1CC(=O)CCN1C(C)c1ccsc1. The van der Waals surface area contributed by atoms with Crippen molar-refractivity contribution in [3.05, 3.63) is 22.4 Å². The van der Waals surface area contributed by atoms with Gasteiger partial charge in [-0.1, -0.05) is 0 Å². The minimum atomic E-state index is 0.390. The van der Waals surface area contributed by atoms with E-state index in [9.17, 15) is 4.79 Å². The van der Waals surface area contributed by atoms with Gasteiger partial charge in [0.2, 0.25) is 0 Å². The maximum atomic E-state index is 11.3. The number of Topliss-reactive ketones (excluding diaryl/α,β-unsaturated/α-hetero) is 1. The Morgan fingerprint density at radius 3 is 3.00 bits per heavy atom. The first kappa shape index (κ1) is 10.8. The first-order valence-corrected chi connectivity index (χ1v) is 6.42. The molecular formula is C12H17NOS. The van der Waals surface area contributed by atoms with Crippen LogP contribution in [-0.4, -0.2) is 23.3 Å². The van der Waals surface area contributed by atoms with Gasteiger partial charge in [-0.3, -0.25) is 9.69 Å². The smallest absolute Gasteiger partial charge is 0.135 e. The van der Waals surface area contributed by atoms with Gasteiger partial charge in [0.25, 0.3) is 0 Å². The van der Waals surface area contributed by atoms with E-state index in [4.69, 9.17) is 0 Å². The first-order chi connectivity index (χ1) is 7.18. The van der Waals surface area contributed by atoms with Gasteiger partial charge in [0, 0.05) is 31.5 Å². The highest BCUT2D eigenvalue weighted by molar-refractivity contribution is 7.07. The predicted molar refractivity (Wildman–Crippen MR) is 63.1 cm³/mol. The summed E-state index contributed by atoms with van der Waals surface area (Å²) in [5.74, 6) is 0.413. The number of rotatable bonds is 2. The lowest BCUT2D eigenvalue weighted by atomic mass is 9.98. The molecule has 0 bridgehead atoms. The predicted octanol–water partition coefficient (Wildman–Crippen LogP) is 2.86. The van der Waals surface area contributed by atoms with Gasteiger partial charge in [0.15, 0.2) is 0 Å². The second-order valence-corrected chi connectivity index (χ2v) is 5.09. The van der Waals surface area contributed by atoms with Crippen molar-refractivity contribution in [2.24, 2.45) is 0 Å². The zero-order valence-corrected chi connectivity index (χ0v) is 10.1. The first-order valence-electron chi connectivity index (χ1n) is 5.48. The topological polar surface area (TPSA) is 20.3 Å². The van der Waals surface area contributed by atoms with Crippen LogP contribution in [0.5, 0.6) is 0 Å². The van der Waals surface area contributed by atoms with Crippen molar-refractivity contribution in [3.8, 4) is 0 Å². The quantitative estimate of drug-likeness (QED) is 0.768. The lowest BCUT2D eigenvalue weighted by Crippen LogP contribution is -2.42. The molecule has 15 heavy (non-hydrogen) atoms. The third kappa shape index (κ3) is 2.29. The van der Waals surface area contributed by atoms with E-state index < -0.39 is 0 Å². The highest BCUT2D eigenvalue weighted by Gasteiger charge is 2.27. The van der Waals surface area contributed by atoms with Crippen LogP contribution < -0.4 is 0 Å². The molecule has 0 aliphatic carbocycles. The zero-order valence-electron chi connectivity index (χ0n) is 9.27. The van der Waals surface area contributed by atoms with Crippen LogP contribution in [0.15, 0.2) is 16.8 Å². The van der Waals surface area contributed by atoms with Crippen LogP contribution in [0, 0.1) is 0 Å². The molecule has 0 saturated carbocycles. The average molecular weight is 223 g/mol. The molecule has 3 heteroatoms. The Morgan fingerprint density at radius 2 is 2.40 bits per heavy atom. The second kappa shape index (κ2) is 4.45. The van der Waals surface area contributed by atoms with Crippen molar-refractivity contribution < 1.29 is 4.79 Å². The summed E-state index contributed by atoms with van der Waals surface area (Å²) in [6, 6.07) is 3.01. The van der Waals surface area contributed by atoms with Crippen molar-refractivity contribution in [3.63, 3.8) is 0 Å². The summed E-state index contributed by atoms with van der Waals surface area (Å²) in [6.07, 6.45) is 1.44. The molecule has 0 spiro atoms. The fraction of sp³-hybridized carbons (Fsp3) is 0.583. The van der Waals surface area contributed by atoms with E-state index in [0.717, 1.165) is 13.0 Å². The summed E-state index contributed by atoms with van der Waals surface area (Å²) in [5, 5.41) is 4.32. The van der Waals surface area contributed by atoms with Crippen LogP contribution in [0.4, 0.5) is 0 Å². The summed E-state index contributed by atoms with van der Waals surface area (Å²) >= 11 is 1.74. The number of likely N-dealkylation sites (tertiary alicyclic amines) is 1. The normalized spacial score (nSPS) is 25.5. The van der Waals surface area contributed by atoms with Gasteiger partial charge in [0.05, 0.1) is 0 Å². The number of nitrogens with zero attached hydrogens (tertiary/aromatic N) is 1. The standard InChI is InChI=1S/C12H17NOS/c1-9-7-12(14)3-5-13(9)10(2)11-4-6-15-8-11/h4,6,8-10H,3,5,7H2,1-2H3. The minimum Gasteiger partial charge on any atom is -0.300 e. The number of hydrogen-bond acceptors (Lipinski definition) is 3. The van der Waals surface area contributed by atoms with E-state index in [2.05, 4.69) is 35.6 Å². The van der Waals surface area contributed by atoms with E-state index in [1.807, 2.05) is 0 Å². The maximum Gasteiger partial charge on any atom is 0.135 e. The molecule has 2 heterocycles. The molecule has 1 aromatic heterocycles. The molecule has 1 saturated heterocycles. The highest BCUT2D eigenvalue weighted by atomic mass is 32.1. The third-order valence-electron chi connectivity index (χ3n) is 3.26. The summed E-state index contributed by atoms with van der Waals surface area (Å²) < 4.78 is 0. The number of hydrogen-bond donors (Lipinski definition) is 0. The zero-order chi connectivity index (χ0) is 10.8. The molecule has 0 aromatic carbocycles. The average Bonchev–Trinajstić information content (AvgIpc) is 2.69. The van der Waals surface area contributed by atoms with Crippen molar-refractivity contribution >= 4 is 17.1 Å². The molecule has 2 unspecified atom stereocenters. The van der Waals surface area contributed by atoms with Crippen LogP contribution in [0.25, 0.3) is 0 Å². The molecule has 2 nitrogen and oxygen atoms in total. The van der Waals surface area contributed by atoms with E-state index in [1.165, 1.54) is 5.56 Å². The molecule has 82 valence electrons. The molecule has 0 amide bonds. The van der Waals surface area contributed by atoms with E-state index in [1.54, 1.807) is 11.3 Å². The number of carbonyl (C=O) groups is 1. The summed E-state index contributed by atoms with van der Waals surface area (Å²) in [6.45, 7) is 5.30. The lowest BCUT2D eigenvalue weighted by molar-refractivity contribution is -0.123. The number of piperidine rings is 1. The van der Waals surface area contributed by atoms with Crippen molar-refractivity contribution in [2.45, 2.75) is 38.8 Å². The molecular weight excluding hydrogens is 206 g/mol. The van der Waals surface area contributed by atoms with Gasteiger partial charge < -0.3 is 0 Å². The van der Waals surface area contributed by atoms with E-state index >= 15 is 0 Å². The number of thiophene rings is 1. The highest BCUT2D eigenvalue weighted by Crippen LogP contribution is 2.28.